The molecule has 0 radical (unpaired) electrons. The molecule has 0 saturated carbocycles. The van der Waals surface area contributed by atoms with Crippen molar-refractivity contribution in [1.82, 2.24) is 10.2 Å². The molecule has 0 spiro atoms. The van der Waals surface area contributed by atoms with Crippen molar-refractivity contribution in [2.75, 3.05) is 18.0 Å². The first kappa shape index (κ1) is 12.5. The van der Waals surface area contributed by atoms with E-state index < -0.39 is 0 Å². The third-order valence-electron chi connectivity index (χ3n) is 3.56. The molecule has 0 amide bonds. The summed E-state index contributed by atoms with van der Waals surface area (Å²) in [6.07, 6.45) is 2.05. The molecule has 4 nitrogen and oxygen atoms in total. The van der Waals surface area contributed by atoms with Crippen LogP contribution in [0.25, 0.3) is 11.3 Å². The van der Waals surface area contributed by atoms with Gasteiger partial charge in [-0.15, -0.1) is 0 Å². The molecule has 1 aromatic carbocycles. The van der Waals surface area contributed by atoms with Gasteiger partial charge in [-0.25, -0.2) is 0 Å². The monoisotopic (exact) mass is 276 g/mol. The Labute approximate surface area is 117 Å². The number of benzene rings is 1. The zero-order chi connectivity index (χ0) is 13.2. The van der Waals surface area contributed by atoms with Crippen LogP contribution in [0.4, 0.5) is 5.82 Å². The van der Waals surface area contributed by atoms with Gasteiger partial charge in [-0.1, -0.05) is 23.7 Å². The molecule has 2 heterocycles. The predicted molar refractivity (Wildman–Crippen MR) is 78.5 cm³/mol. The molecule has 100 valence electrons. The Morgan fingerprint density at radius 2 is 2.05 bits per heavy atom. The molecular formula is C14H17ClN4. The number of aromatic nitrogens is 2. The number of nitrogens with zero attached hydrogens (tertiary/aromatic N) is 2. The maximum Gasteiger partial charge on any atom is 0.150 e. The third kappa shape index (κ3) is 2.74. The van der Waals surface area contributed by atoms with Gasteiger partial charge in [0.2, 0.25) is 0 Å². The number of piperidine rings is 1. The smallest absolute Gasteiger partial charge is 0.150 e. The van der Waals surface area contributed by atoms with Crippen molar-refractivity contribution < 1.29 is 0 Å². The highest BCUT2D eigenvalue weighted by molar-refractivity contribution is 6.30. The van der Waals surface area contributed by atoms with Gasteiger partial charge in [-0.05, 0) is 25.0 Å². The van der Waals surface area contributed by atoms with Crippen molar-refractivity contribution in [3.05, 3.63) is 35.4 Å². The summed E-state index contributed by atoms with van der Waals surface area (Å²) >= 11 is 6.01. The number of nitrogens with two attached hydrogens (primary N) is 1. The molecule has 1 fully saturated rings. The average Bonchev–Trinajstić information content (AvgIpc) is 2.89. The lowest BCUT2D eigenvalue weighted by Gasteiger charge is -2.29. The SMILES string of the molecule is NC1CCN(c2cc(-c3cccc(Cl)c3)[nH]n2)CC1. The van der Waals surface area contributed by atoms with Gasteiger partial charge in [0.25, 0.3) is 0 Å². The number of anilines is 1. The topological polar surface area (TPSA) is 57.9 Å². The van der Waals surface area contributed by atoms with Gasteiger partial charge in [0.05, 0.1) is 5.69 Å². The Morgan fingerprint density at radius 1 is 1.26 bits per heavy atom. The molecule has 19 heavy (non-hydrogen) atoms. The van der Waals surface area contributed by atoms with E-state index in [1.807, 2.05) is 24.3 Å². The quantitative estimate of drug-likeness (QED) is 0.887. The Balaban J connectivity index is 1.80. The number of hydrogen-bond donors (Lipinski definition) is 2. The van der Waals surface area contributed by atoms with Gasteiger partial charge in [-0.2, -0.15) is 5.10 Å². The van der Waals surface area contributed by atoms with Crippen LogP contribution in [0.5, 0.6) is 0 Å². The van der Waals surface area contributed by atoms with Crippen LogP contribution in [0, 0.1) is 0 Å². The van der Waals surface area contributed by atoms with E-state index in [0.717, 1.165) is 48.0 Å². The van der Waals surface area contributed by atoms with Crippen molar-refractivity contribution in [2.45, 2.75) is 18.9 Å². The van der Waals surface area contributed by atoms with Gasteiger partial charge in [0.15, 0.2) is 5.82 Å². The standard InChI is InChI=1S/C14H17ClN4/c15-11-3-1-2-10(8-11)13-9-14(18-17-13)19-6-4-12(16)5-7-19/h1-3,8-9,12H,4-7,16H2,(H,17,18). The maximum atomic E-state index is 6.01. The number of aromatic amines is 1. The van der Waals surface area contributed by atoms with E-state index in [1.165, 1.54) is 0 Å². The Hall–Kier alpha value is -1.52. The molecule has 2 aromatic rings. The van der Waals surface area contributed by atoms with Crippen LogP contribution < -0.4 is 10.6 Å². The molecule has 1 aliphatic heterocycles. The summed E-state index contributed by atoms with van der Waals surface area (Å²) in [6, 6.07) is 10.2. The molecular weight excluding hydrogens is 260 g/mol. The highest BCUT2D eigenvalue weighted by Gasteiger charge is 2.18. The second kappa shape index (κ2) is 5.23. The van der Waals surface area contributed by atoms with E-state index in [9.17, 15) is 0 Å². The highest BCUT2D eigenvalue weighted by atomic mass is 35.5. The Morgan fingerprint density at radius 3 is 2.79 bits per heavy atom. The summed E-state index contributed by atoms with van der Waals surface area (Å²) in [5, 5.41) is 8.20. The number of nitrogens with one attached hydrogen (secondary N) is 1. The number of hydrogen-bond acceptors (Lipinski definition) is 3. The van der Waals surface area contributed by atoms with Crippen LogP contribution in [0.3, 0.4) is 0 Å². The van der Waals surface area contributed by atoms with Crippen LogP contribution in [0.2, 0.25) is 5.02 Å². The molecule has 1 aromatic heterocycles. The average molecular weight is 277 g/mol. The van der Waals surface area contributed by atoms with Gasteiger partial charge in [0, 0.05) is 35.8 Å². The van der Waals surface area contributed by atoms with Crippen molar-refractivity contribution in [1.29, 1.82) is 0 Å². The van der Waals surface area contributed by atoms with Crippen LogP contribution in [-0.4, -0.2) is 29.3 Å². The van der Waals surface area contributed by atoms with Gasteiger partial charge >= 0.3 is 0 Å². The van der Waals surface area contributed by atoms with Crippen LogP contribution in [0.1, 0.15) is 12.8 Å². The largest absolute Gasteiger partial charge is 0.355 e. The number of H-pyrrole nitrogens is 1. The summed E-state index contributed by atoms with van der Waals surface area (Å²) < 4.78 is 0. The molecule has 0 aliphatic carbocycles. The summed E-state index contributed by atoms with van der Waals surface area (Å²) in [6.45, 7) is 1.95. The first-order chi connectivity index (χ1) is 9.22. The Kier molecular flexibility index (Phi) is 3.44. The molecule has 1 saturated heterocycles. The number of rotatable bonds is 2. The maximum absolute atomic E-state index is 6.01. The molecule has 0 bridgehead atoms. The fourth-order valence-corrected chi connectivity index (χ4v) is 2.60. The van der Waals surface area contributed by atoms with Crippen LogP contribution >= 0.6 is 11.6 Å². The molecule has 3 rings (SSSR count). The molecule has 3 N–H and O–H groups in total. The minimum absolute atomic E-state index is 0.336. The zero-order valence-electron chi connectivity index (χ0n) is 10.6. The second-order valence-electron chi connectivity index (χ2n) is 4.97. The van der Waals surface area contributed by atoms with Crippen molar-refractivity contribution >= 4 is 17.4 Å². The van der Waals surface area contributed by atoms with E-state index in [0.29, 0.717) is 6.04 Å². The van der Waals surface area contributed by atoms with E-state index in [4.69, 9.17) is 17.3 Å². The summed E-state index contributed by atoms with van der Waals surface area (Å²) in [7, 11) is 0. The third-order valence-corrected chi connectivity index (χ3v) is 3.80. The van der Waals surface area contributed by atoms with Crippen molar-refractivity contribution in [2.24, 2.45) is 5.73 Å². The molecule has 0 unspecified atom stereocenters. The van der Waals surface area contributed by atoms with Crippen LogP contribution in [0.15, 0.2) is 30.3 Å². The van der Waals surface area contributed by atoms with E-state index >= 15 is 0 Å². The predicted octanol–water partition coefficient (Wildman–Crippen LogP) is 2.66. The normalized spacial score (nSPS) is 16.8. The second-order valence-corrected chi connectivity index (χ2v) is 5.41. The Bertz CT molecular complexity index is 558. The first-order valence-electron chi connectivity index (χ1n) is 6.54. The lowest BCUT2D eigenvalue weighted by atomic mass is 10.1. The zero-order valence-corrected chi connectivity index (χ0v) is 11.4. The van der Waals surface area contributed by atoms with E-state index in [1.54, 1.807) is 0 Å². The van der Waals surface area contributed by atoms with E-state index in [-0.39, 0.29) is 0 Å². The lowest BCUT2D eigenvalue weighted by molar-refractivity contribution is 0.498. The molecule has 1 aliphatic rings. The van der Waals surface area contributed by atoms with Crippen molar-refractivity contribution in [3.63, 3.8) is 0 Å². The van der Waals surface area contributed by atoms with Crippen LogP contribution in [-0.2, 0) is 0 Å². The molecule has 0 atom stereocenters. The summed E-state index contributed by atoms with van der Waals surface area (Å²) in [5.41, 5.74) is 7.97. The lowest BCUT2D eigenvalue weighted by Crippen LogP contribution is -2.39. The first-order valence-corrected chi connectivity index (χ1v) is 6.92. The summed E-state index contributed by atoms with van der Waals surface area (Å²) in [4.78, 5) is 2.27. The van der Waals surface area contributed by atoms with E-state index in [2.05, 4.69) is 21.2 Å². The number of halogens is 1. The minimum Gasteiger partial charge on any atom is -0.355 e. The van der Waals surface area contributed by atoms with Gasteiger partial charge in [-0.3, -0.25) is 5.10 Å². The van der Waals surface area contributed by atoms with Gasteiger partial charge in [0.1, 0.15) is 0 Å². The fourth-order valence-electron chi connectivity index (χ4n) is 2.41. The summed E-state index contributed by atoms with van der Waals surface area (Å²) in [5.74, 6) is 0.988. The van der Waals surface area contributed by atoms with Crippen molar-refractivity contribution in [3.8, 4) is 11.3 Å². The fraction of sp³-hybridized carbons (Fsp3) is 0.357. The molecule has 5 heteroatoms. The minimum atomic E-state index is 0.336. The van der Waals surface area contributed by atoms with Gasteiger partial charge < -0.3 is 10.6 Å². The highest BCUT2D eigenvalue weighted by Crippen LogP contribution is 2.25.